The van der Waals surface area contributed by atoms with E-state index in [4.69, 9.17) is 10.5 Å². The minimum absolute atomic E-state index is 0.487. The van der Waals surface area contributed by atoms with Gasteiger partial charge in [0.25, 0.3) is 0 Å². The molecule has 0 aliphatic carbocycles. The Hall–Kier alpha value is -0.940. The Bertz CT molecular complexity index is 259. The van der Waals surface area contributed by atoms with E-state index in [1.54, 1.807) is 4.68 Å². The largest absolute Gasteiger partial charge is 0.372 e. The van der Waals surface area contributed by atoms with Gasteiger partial charge in [-0.1, -0.05) is 6.92 Å². The monoisotopic (exact) mass is 184 g/mol. The number of aromatic nitrogens is 3. The van der Waals surface area contributed by atoms with E-state index < -0.39 is 0 Å². The quantitative estimate of drug-likeness (QED) is 0.646. The van der Waals surface area contributed by atoms with Gasteiger partial charge in [0.1, 0.15) is 6.61 Å². The molecule has 0 fully saturated rings. The number of ether oxygens (including phenoxy) is 1. The van der Waals surface area contributed by atoms with Gasteiger partial charge in [0.05, 0.1) is 6.61 Å². The first-order chi connectivity index (χ1) is 6.27. The molecule has 1 heterocycles. The van der Waals surface area contributed by atoms with Gasteiger partial charge in [-0.05, 0) is 0 Å². The Morgan fingerprint density at radius 2 is 2.31 bits per heavy atom. The second kappa shape index (κ2) is 4.94. The Morgan fingerprint density at radius 3 is 2.85 bits per heavy atom. The summed E-state index contributed by atoms with van der Waals surface area (Å²) < 4.78 is 7.00. The van der Waals surface area contributed by atoms with Crippen LogP contribution in [-0.2, 0) is 24.8 Å². The van der Waals surface area contributed by atoms with E-state index in [-0.39, 0.29) is 0 Å². The van der Waals surface area contributed by atoms with Gasteiger partial charge in [-0.2, -0.15) is 5.10 Å². The van der Waals surface area contributed by atoms with Crippen LogP contribution >= 0.6 is 0 Å². The zero-order chi connectivity index (χ0) is 9.68. The molecule has 1 aromatic rings. The van der Waals surface area contributed by atoms with Crippen LogP contribution in [0.5, 0.6) is 0 Å². The van der Waals surface area contributed by atoms with Crippen LogP contribution in [0.15, 0.2) is 0 Å². The number of nitrogens with two attached hydrogens (primary N) is 1. The van der Waals surface area contributed by atoms with Crippen molar-refractivity contribution in [2.24, 2.45) is 12.8 Å². The highest BCUT2D eigenvalue weighted by Gasteiger charge is 2.04. The van der Waals surface area contributed by atoms with Gasteiger partial charge in [0.2, 0.25) is 0 Å². The van der Waals surface area contributed by atoms with Crippen molar-refractivity contribution in [3.05, 3.63) is 11.6 Å². The molecule has 74 valence electrons. The molecule has 0 aromatic carbocycles. The molecule has 0 saturated heterocycles. The van der Waals surface area contributed by atoms with Gasteiger partial charge in [0.15, 0.2) is 11.6 Å². The maximum atomic E-state index is 5.29. The molecule has 5 nitrogen and oxygen atoms in total. The van der Waals surface area contributed by atoms with E-state index in [0.717, 1.165) is 18.1 Å². The maximum absolute atomic E-state index is 5.29. The molecule has 0 aliphatic rings. The summed E-state index contributed by atoms with van der Waals surface area (Å²) in [5, 5.41) is 4.20. The smallest absolute Gasteiger partial charge is 0.152 e. The minimum Gasteiger partial charge on any atom is -0.372 e. The van der Waals surface area contributed by atoms with E-state index in [1.165, 1.54) is 0 Å². The highest BCUT2D eigenvalue weighted by molar-refractivity contribution is 4.90. The number of hydrogen-bond acceptors (Lipinski definition) is 4. The van der Waals surface area contributed by atoms with Crippen molar-refractivity contribution in [2.45, 2.75) is 20.0 Å². The van der Waals surface area contributed by atoms with Gasteiger partial charge >= 0.3 is 0 Å². The highest BCUT2D eigenvalue weighted by Crippen LogP contribution is 1.98. The molecule has 0 aliphatic heterocycles. The molecule has 0 saturated carbocycles. The van der Waals surface area contributed by atoms with Gasteiger partial charge in [-0.15, -0.1) is 0 Å². The molecule has 0 radical (unpaired) electrons. The standard InChI is InChI=1S/C8H16N4O/c1-3-7-10-8(12(2)11-7)6-13-5-4-9/h3-6,9H2,1-2H3. The van der Waals surface area contributed by atoms with Crippen LogP contribution in [-0.4, -0.2) is 27.9 Å². The Labute approximate surface area is 77.9 Å². The summed E-state index contributed by atoms with van der Waals surface area (Å²) in [6.45, 7) is 3.62. The molecule has 5 heteroatoms. The molecule has 0 bridgehead atoms. The average Bonchev–Trinajstić information content (AvgIpc) is 2.48. The first-order valence-electron chi connectivity index (χ1n) is 4.44. The van der Waals surface area contributed by atoms with Crippen LogP contribution < -0.4 is 5.73 Å². The molecular weight excluding hydrogens is 168 g/mol. The van der Waals surface area contributed by atoms with Crippen LogP contribution in [0.1, 0.15) is 18.6 Å². The maximum Gasteiger partial charge on any atom is 0.152 e. The Kier molecular flexibility index (Phi) is 3.85. The Morgan fingerprint density at radius 1 is 1.54 bits per heavy atom. The van der Waals surface area contributed by atoms with Gasteiger partial charge < -0.3 is 10.5 Å². The molecule has 1 rings (SSSR count). The molecule has 1 aromatic heterocycles. The third kappa shape index (κ3) is 2.78. The first-order valence-corrected chi connectivity index (χ1v) is 4.44. The van der Waals surface area contributed by atoms with Crippen LogP contribution in [0.4, 0.5) is 0 Å². The summed E-state index contributed by atoms with van der Waals surface area (Å²) in [5.41, 5.74) is 5.29. The average molecular weight is 184 g/mol. The fourth-order valence-corrected chi connectivity index (χ4v) is 0.997. The van der Waals surface area contributed by atoms with E-state index in [2.05, 4.69) is 10.1 Å². The van der Waals surface area contributed by atoms with Crippen molar-refractivity contribution >= 4 is 0 Å². The SMILES string of the molecule is CCc1nc(COCCN)n(C)n1. The van der Waals surface area contributed by atoms with Crippen molar-refractivity contribution in [3.63, 3.8) is 0 Å². The van der Waals surface area contributed by atoms with Crippen molar-refractivity contribution in [1.82, 2.24) is 14.8 Å². The van der Waals surface area contributed by atoms with Crippen LogP contribution in [0.25, 0.3) is 0 Å². The van der Waals surface area contributed by atoms with E-state index >= 15 is 0 Å². The predicted octanol–water partition coefficient (Wildman–Crippen LogP) is -0.147. The molecule has 13 heavy (non-hydrogen) atoms. The lowest BCUT2D eigenvalue weighted by Gasteiger charge is -2.00. The summed E-state index contributed by atoms with van der Waals surface area (Å²) in [5.74, 6) is 1.71. The molecule has 0 spiro atoms. The number of hydrogen-bond donors (Lipinski definition) is 1. The second-order valence-corrected chi connectivity index (χ2v) is 2.76. The summed E-state index contributed by atoms with van der Waals surface area (Å²) in [6, 6.07) is 0. The predicted molar refractivity (Wildman–Crippen MR) is 49.1 cm³/mol. The Balaban J connectivity index is 2.50. The third-order valence-corrected chi connectivity index (χ3v) is 1.71. The fraction of sp³-hybridized carbons (Fsp3) is 0.750. The lowest BCUT2D eigenvalue weighted by Crippen LogP contribution is -2.10. The van der Waals surface area contributed by atoms with Crippen molar-refractivity contribution < 1.29 is 4.74 Å². The van der Waals surface area contributed by atoms with Crippen molar-refractivity contribution in [2.75, 3.05) is 13.2 Å². The molecule has 0 atom stereocenters. The van der Waals surface area contributed by atoms with Crippen LogP contribution in [0.3, 0.4) is 0 Å². The molecule has 0 unspecified atom stereocenters. The minimum atomic E-state index is 0.487. The lowest BCUT2D eigenvalue weighted by molar-refractivity contribution is 0.120. The fourth-order valence-electron chi connectivity index (χ4n) is 0.997. The lowest BCUT2D eigenvalue weighted by atomic mass is 10.5. The van der Waals surface area contributed by atoms with Gasteiger partial charge in [-0.25, -0.2) is 4.98 Å². The zero-order valence-corrected chi connectivity index (χ0v) is 8.16. The number of aryl methyl sites for hydroxylation is 2. The topological polar surface area (TPSA) is 66.0 Å². The van der Waals surface area contributed by atoms with Crippen molar-refractivity contribution in [1.29, 1.82) is 0 Å². The van der Waals surface area contributed by atoms with Crippen LogP contribution in [0.2, 0.25) is 0 Å². The van der Waals surface area contributed by atoms with Gasteiger partial charge in [0, 0.05) is 20.0 Å². The summed E-state index contributed by atoms with van der Waals surface area (Å²) in [4.78, 5) is 4.29. The van der Waals surface area contributed by atoms with Crippen molar-refractivity contribution in [3.8, 4) is 0 Å². The summed E-state index contributed by atoms with van der Waals surface area (Å²) in [6.07, 6.45) is 0.852. The normalized spacial score (nSPS) is 10.7. The molecule has 0 amide bonds. The third-order valence-electron chi connectivity index (χ3n) is 1.71. The van der Waals surface area contributed by atoms with E-state index in [0.29, 0.717) is 19.8 Å². The second-order valence-electron chi connectivity index (χ2n) is 2.76. The first kappa shape index (κ1) is 10.1. The van der Waals surface area contributed by atoms with Crippen LogP contribution in [0, 0.1) is 0 Å². The highest BCUT2D eigenvalue weighted by atomic mass is 16.5. The zero-order valence-electron chi connectivity index (χ0n) is 8.16. The molecule has 2 N–H and O–H groups in total. The van der Waals surface area contributed by atoms with E-state index in [1.807, 2.05) is 14.0 Å². The summed E-state index contributed by atoms with van der Waals surface area (Å²) >= 11 is 0. The van der Waals surface area contributed by atoms with E-state index in [9.17, 15) is 0 Å². The van der Waals surface area contributed by atoms with Gasteiger partial charge in [-0.3, -0.25) is 4.68 Å². The summed E-state index contributed by atoms with van der Waals surface area (Å²) in [7, 11) is 1.87. The number of nitrogens with zero attached hydrogens (tertiary/aromatic N) is 3. The number of rotatable bonds is 5. The molecular formula is C8H16N4O.